The number of nitrogens with one attached hydrogen (secondary N) is 1. The summed E-state index contributed by atoms with van der Waals surface area (Å²) in [4.78, 5) is 24.8. The highest BCUT2D eigenvalue weighted by Gasteiger charge is 2.40. The number of benzene rings is 1. The van der Waals surface area contributed by atoms with Crippen LogP contribution in [-0.2, 0) is 9.84 Å². The van der Waals surface area contributed by atoms with Crippen LogP contribution in [0.3, 0.4) is 0 Å². The molecule has 1 aromatic carbocycles. The third-order valence-electron chi connectivity index (χ3n) is 4.24. The number of hydrogen-bond acceptors (Lipinski definition) is 5. The van der Waals surface area contributed by atoms with E-state index < -0.39 is 26.7 Å². The van der Waals surface area contributed by atoms with Crippen molar-refractivity contribution in [3.63, 3.8) is 0 Å². The molecule has 1 fully saturated rings. The van der Waals surface area contributed by atoms with Crippen molar-refractivity contribution in [3.05, 3.63) is 58.0 Å². The molecule has 1 N–H and O–H groups in total. The maximum absolute atomic E-state index is 12.6. The van der Waals surface area contributed by atoms with Gasteiger partial charge in [-0.3, -0.25) is 9.59 Å². The highest BCUT2D eigenvalue weighted by molar-refractivity contribution is 7.91. The molecule has 1 saturated heterocycles. The summed E-state index contributed by atoms with van der Waals surface area (Å²) in [6.45, 7) is 3.40. The van der Waals surface area contributed by atoms with Crippen LogP contribution in [0.2, 0.25) is 0 Å². The zero-order valence-corrected chi connectivity index (χ0v) is 14.8. The second kappa shape index (κ2) is 6.11. The van der Waals surface area contributed by atoms with Crippen molar-refractivity contribution in [2.24, 2.45) is 0 Å². The SMILES string of the molecule is Cc1cc(=O)c(C(=O)NC2(C)CCS(=O)(=O)C2)nn1-c1ccccc1. The minimum atomic E-state index is -3.17. The number of nitrogens with zero attached hydrogens (tertiary/aromatic N) is 2. The molecule has 0 saturated carbocycles. The Morgan fingerprint density at radius 3 is 2.56 bits per heavy atom. The van der Waals surface area contributed by atoms with Gasteiger partial charge in [0.15, 0.2) is 15.5 Å². The predicted molar refractivity (Wildman–Crippen MR) is 93.7 cm³/mol. The lowest BCUT2D eigenvalue weighted by Crippen LogP contribution is -2.48. The molecule has 0 radical (unpaired) electrons. The van der Waals surface area contributed by atoms with Crippen LogP contribution in [0.25, 0.3) is 5.69 Å². The third kappa shape index (κ3) is 3.63. The fraction of sp³-hybridized carbons (Fsp3) is 0.353. The molecule has 1 aliphatic rings. The van der Waals surface area contributed by atoms with Crippen LogP contribution < -0.4 is 10.7 Å². The molecule has 8 heteroatoms. The minimum Gasteiger partial charge on any atom is -0.344 e. The van der Waals surface area contributed by atoms with Gasteiger partial charge in [-0.25, -0.2) is 13.1 Å². The molecule has 1 atom stereocenters. The van der Waals surface area contributed by atoms with Gasteiger partial charge in [-0.15, -0.1) is 0 Å². The molecule has 0 bridgehead atoms. The summed E-state index contributed by atoms with van der Waals surface area (Å²) in [5.74, 6) is -0.765. The van der Waals surface area contributed by atoms with Crippen molar-refractivity contribution in [2.75, 3.05) is 11.5 Å². The van der Waals surface area contributed by atoms with E-state index in [4.69, 9.17) is 0 Å². The van der Waals surface area contributed by atoms with E-state index in [2.05, 4.69) is 10.4 Å². The van der Waals surface area contributed by atoms with Gasteiger partial charge in [0.05, 0.1) is 22.7 Å². The van der Waals surface area contributed by atoms with Crippen LogP contribution >= 0.6 is 0 Å². The number of rotatable bonds is 3. The Labute approximate surface area is 145 Å². The summed E-state index contributed by atoms with van der Waals surface area (Å²) < 4.78 is 24.9. The van der Waals surface area contributed by atoms with Crippen molar-refractivity contribution in [2.45, 2.75) is 25.8 Å². The number of amides is 1. The molecular formula is C17H19N3O4S. The van der Waals surface area contributed by atoms with Gasteiger partial charge in [0.25, 0.3) is 5.91 Å². The molecule has 1 aliphatic heterocycles. The van der Waals surface area contributed by atoms with Crippen molar-refractivity contribution in [3.8, 4) is 5.69 Å². The van der Waals surface area contributed by atoms with E-state index in [1.807, 2.05) is 30.3 Å². The standard InChI is InChI=1S/C17H19N3O4S/c1-12-10-14(21)15(19-20(12)13-6-4-3-5-7-13)16(22)18-17(2)8-9-25(23,24)11-17/h3-7,10H,8-9,11H2,1-2H3,(H,18,22). The first kappa shape index (κ1) is 17.3. The average molecular weight is 361 g/mol. The summed E-state index contributed by atoms with van der Waals surface area (Å²) in [7, 11) is -3.17. The Morgan fingerprint density at radius 1 is 1.28 bits per heavy atom. The van der Waals surface area contributed by atoms with Gasteiger partial charge in [0, 0.05) is 11.8 Å². The molecule has 2 heterocycles. The Balaban J connectivity index is 1.95. The fourth-order valence-corrected chi connectivity index (χ4v) is 5.07. The van der Waals surface area contributed by atoms with Crippen molar-refractivity contribution < 1.29 is 13.2 Å². The molecule has 0 aliphatic carbocycles. The molecule has 2 aromatic rings. The fourth-order valence-electron chi connectivity index (χ4n) is 2.98. The summed E-state index contributed by atoms with van der Waals surface area (Å²) >= 11 is 0. The number of aromatic nitrogens is 2. The van der Waals surface area contributed by atoms with Crippen molar-refractivity contribution in [1.29, 1.82) is 0 Å². The van der Waals surface area contributed by atoms with Gasteiger partial charge < -0.3 is 5.32 Å². The first-order valence-corrected chi connectivity index (χ1v) is 9.71. The zero-order chi connectivity index (χ0) is 18.2. The van der Waals surface area contributed by atoms with E-state index >= 15 is 0 Å². The highest BCUT2D eigenvalue weighted by Crippen LogP contribution is 2.23. The highest BCUT2D eigenvalue weighted by atomic mass is 32.2. The molecule has 0 spiro atoms. The van der Waals surface area contributed by atoms with E-state index in [1.54, 1.807) is 13.8 Å². The Bertz CT molecular complexity index is 983. The number of carbonyl (C=O) groups excluding carboxylic acids is 1. The van der Waals surface area contributed by atoms with Gasteiger partial charge in [-0.1, -0.05) is 18.2 Å². The molecule has 1 amide bonds. The maximum atomic E-state index is 12.6. The van der Waals surface area contributed by atoms with Crippen LogP contribution in [0.4, 0.5) is 0 Å². The maximum Gasteiger partial charge on any atom is 0.276 e. The van der Waals surface area contributed by atoms with Crippen LogP contribution in [0, 0.1) is 6.92 Å². The first-order chi connectivity index (χ1) is 11.7. The zero-order valence-electron chi connectivity index (χ0n) is 14.0. The number of sulfone groups is 1. The van der Waals surface area contributed by atoms with Crippen molar-refractivity contribution >= 4 is 15.7 Å². The average Bonchev–Trinajstić information content (AvgIpc) is 2.81. The Hall–Kier alpha value is -2.48. The van der Waals surface area contributed by atoms with E-state index in [1.165, 1.54) is 10.7 Å². The predicted octanol–water partition coefficient (Wildman–Crippen LogP) is 0.848. The first-order valence-electron chi connectivity index (χ1n) is 7.88. The van der Waals surface area contributed by atoms with Gasteiger partial charge >= 0.3 is 0 Å². The largest absolute Gasteiger partial charge is 0.344 e. The van der Waals surface area contributed by atoms with Crippen molar-refractivity contribution in [1.82, 2.24) is 15.1 Å². The molecule has 25 heavy (non-hydrogen) atoms. The molecular weight excluding hydrogens is 342 g/mol. The summed E-state index contributed by atoms with van der Waals surface area (Å²) in [6.07, 6.45) is 0.319. The van der Waals surface area contributed by atoms with Crippen LogP contribution in [0.5, 0.6) is 0 Å². The van der Waals surface area contributed by atoms with Gasteiger partial charge in [-0.2, -0.15) is 5.10 Å². The second-order valence-corrected chi connectivity index (χ2v) is 8.79. The number of hydrogen-bond donors (Lipinski definition) is 1. The number of para-hydroxylation sites is 1. The lowest BCUT2D eigenvalue weighted by atomic mass is 10.0. The van der Waals surface area contributed by atoms with E-state index in [-0.39, 0.29) is 17.2 Å². The quantitative estimate of drug-likeness (QED) is 0.874. The van der Waals surface area contributed by atoms with Gasteiger partial charge in [0.2, 0.25) is 5.43 Å². The molecule has 3 rings (SSSR count). The number of carbonyl (C=O) groups is 1. The van der Waals surface area contributed by atoms with E-state index in [0.29, 0.717) is 12.1 Å². The topological polar surface area (TPSA) is 98.1 Å². The summed E-state index contributed by atoms with van der Waals surface area (Å²) in [5.41, 5.74) is -0.301. The van der Waals surface area contributed by atoms with Crippen LogP contribution in [0.15, 0.2) is 41.2 Å². The summed E-state index contributed by atoms with van der Waals surface area (Å²) in [6, 6.07) is 10.5. The molecule has 132 valence electrons. The Kier molecular flexibility index (Phi) is 4.24. The monoisotopic (exact) mass is 361 g/mol. The molecule has 1 aromatic heterocycles. The van der Waals surface area contributed by atoms with E-state index in [9.17, 15) is 18.0 Å². The third-order valence-corrected chi connectivity index (χ3v) is 6.15. The van der Waals surface area contributed by atoms with E-state index in [0.717, 1.165) is 5.69 Å². The second-order valence-electron chi connectivity index (χ2n) is 6.60. The van der Waals surface area contributed by atoms with Crippen LogP contribution in [-0.4, -0.2) is 41.2 Å². The lowest BCUT2D eigenvalue weighted by molar-refractivity contribution is 0.0907. The van der Waals surface area contributed by atoms with Gasteiger partial charge in [-0.05, 0) is 32.4 Å². The van der Waals surface area contributed by atoms with Gasteiger partial charge in [0.1, 0.15) is 0 Å². The smallest absolute Gasteiger partial charge is 0.276 e. The lowest BCUT2D eigenvalue weighted by Gasteiger charge is -2.23. The Morgan fingerprint density at radius 2 is 1.96 bits per heavy atom. The molecule has 7 nitrogen and oxygen atoms in total. The molecule has 1 unspecified atom stereocenters. The normalized spacial score (nSPS) is 21.8. The minimum absolute atomic E-state index is 0.0271. The number of aryl methyl sites for hydroxylation is 1. The van der Waals surface area contributed by atoms with Crippen LogP contribution in [0.1, 0.15) is 29.5 Å². The summed E-state index contributed by atoms with van der Waals surface area (Å²) in [5, 5.41) is 6.87.